The molecule has 0 unspecified atom stereocenters. The number of aryl methyl sites for hydroxylation is 1. The minimum atomic E-state index is 0. The average Bonchev–Trinajstić information content (AvgIpc) is 2.05. The quantitative estimate of drug-likeness (QED) is 0.646. The van der Waals surface area contributed by atoms with E-state index in [1.807, 2.05) is 38.1 Å². The van der Waals surface area contributed by atoms with E-state index in [2.05, 4.69) is 0 Å². The molecular weight excluding hydrogens is 172 g/mol. The molecule has 0 atom stereocenters. The lowest BCUT2D eigenvalue weighted by Gasteiger charge is -1.96. The van der Waals surface area contributed by atoms with Gasteiger partial charge in [-0.05, 0) is 6.92 Å². The highest BCUT2D eigenvalue weighted by atomic mass is 35.5. The van der Waals surface area contributed by atoms with Crippen LogP contribution in [-0.2, 0) is 0 Å². The third-order valence-corrected chi connectivity index (χ3v) is 1.69. The number of hydrogen-bond donors (Lipinski definition) is 0. The lowest BCUT2D eigenvalue weighted by Crippen LogP contribution is -1.95. The Morgan fingerprint density at radius 1 is 1.25 bits per heavy atom. The molecular formula is C10H13ClO. The first kappa shape index (κ1) is 11.2. The molecule has 0 aliphatic rings. The van der Waals surface area contributed by atoms with Crippen molar-refractivity contribution < 1.29 is 4.79 Å². The number of halogens is 1. The Balaban J connectivity index is 0.00000121. The Labute approximate surface area is 79.2 Å². The van der Waals surface area contributed by atoms with Crippen LogP contribution in [-0.4, -0.2) is 5.78 Å². The summed E-state index contributed by atoms with van der Waals surface area (Å²) >= 11 is 0. The van der Waals surface area contributed by atoms with Gasteiger partial charge in [-0.1, -0.05) is 36.8 Å². The first-order valence-electron chi connectivity index (χ1n) is 3.84. The maximum Gasteiger partial charge on any atom is 0.162 e. The molecule has 0 radical (unpaired) electrons. The van der Waals surface area contributed by atoms with E-state index in [9.17, 15) is 4.79 Å². The zero-order valence-electron chi connectivity index (χ0n) is 7.33. The summed E-state index contributed by atoms with van der Waals surface area (Å²) in [7, 11) is 0. The second-order valence-corrected chi connectivity index (χ2v) is 2.64. The Bertz CT molecular complexity index is 251. The molecule has 1 aromatic carbocycles. The van der Waals surface area contributed by atoms with Gasteiger partial charge in [-0.15, -0.1) is 12.4 Å². The van der Waals surface area contributed by atoms with Gasteiger partial charge >= 0.3 is 0 Å². The number of Topliss-reactive ketones (excluding diaryl/α,β-unsaturated/α-hetero) is 1. The van der Waals surface area contributed by atoms with Crippen LogP contribution in [0.4, 0.5) is 0 Å². The van der Waals surface area contributed by atoms with Crippen molar-refractivity contribution in [2.75, 3.05) is 0 Å². The zero-order chi connectivity index (χ0) is 8.27. The molecule has 0 heterocycles. The van der Waals surface area contributed by atoms with E-state index in [-0.39, 0.29) is 18.2 Å². The zero-order valence-corrected chi connectivity index (χ0v) is 8.15. The van der Waals surface area contributed by atoms with Crippen molar-refractivity contribution in [1.82, 2.24) is 0 Å². The smallest absolute Gasteiger partial charge is 0.162 e. The van der Waals surface area contributed by atoms with Gasteiger partial charge in [0, 0.05) is 12.0 Å². The molecule has 0 amide bonds. The van der Waals surface area contributed by atoms with Crippen LogP contribution in [0.15, 0.2) is 24.3 Å². The van der Waals surface area contributed by atoms with Gasteiger partial charge in [0.15, 0.2) is 5.78 Å². The number of benzene rings is 1. The second kappa shape index (κ2) is 4.94. The molecule has 1 nitrogen and oxygen atoms in total. The first-order chi connectivity index (χ1) is 5.24. The van der Waals surface area contributed by atoms with E-state index in [0.29, 0.717) is 6.42 Å². The lowest BCUT2D eigenvalue weighted by atomic mass is 10.1. The Morgan fingerprint density at radius 2 is 1.75 bits per heavy atom. The standard InChI is InChI=1S/C10H12O.ClH/c1-3-10(11)9-6-4-8(2)5-7-9;/h4-7H,3H2,1-2H3;1H. The summed E-state index contributed by atoms with van der Waals surface area (Å²) < 4.78 is 0. The van der Waals surface area contributed by atoms with E-state index in [1.54, 1.807) is 0 Å². The SMILES string of the molecule is CCC(=O)c1ccc(C)cc1.Cl. The molecule has 1 rings (SSSR count). The summed E-state index contributed by atoms with van der Waals surface area (Å²) in [6.45, 7) is 3.89. The Hall–Kier alpha value is -0.820. The minimum absolute atomic E-state index is 0. The predicted molar refractivity (Wildman–Crippen MR) is 53.0 cm³/mol. The summed E-state index contributed by atoms with van der Waals surface area (Å²) in [6, 6.07) is 7.67. The molecule has 0 aromatic heterocycles. The molecule has 1 aromatic rings. The summed E-state index contributed by atoms with van der Waals surface area (Å²) in [6.07, 6.45) is 0.586. The summed E-state index contributed by atoms with van der Waals surface area (Å²) in [5.41, 5.74) is 2.01. The molecule has 0 aliphatic carbocycles. The molecule has 0 aliphatic heterocycles. The van der Waals surface area contributed by atoms with Gasteiger partial charge in [0.05, 0.1) is 0 Å². The van der Waals surface area contributed by atoms with Gasteiger partial charge in [-0.2, -0.15) is 0 Å². The number of ketones is 1. The number of carbonyl (C=O) groups is 1. The van der Waals surface area contributed by atoms with Crippen molar-refractivity contribution in [2.24, 2.45) is 0 Å². The van der Waals surface area contributed by atoms with E-state index in [1.165, 1.54) is 5.56 Å². The van der Waals surface area contributed by atoms with Crippen LogP contribution in [0.25, 0.3) is 0 Å². The van der Waals surface area contributed by atoms with Crippen molar-refractivity contribution in [1.29, 1.82) is 0 Å². The molecule has 0 bridgehead atoms. The van der Waals surface area contributed by atoms with Gasteiger partial charge < -0.3 is 0 Å². The summed E-state index contributed by atoms with van der Waals surface area (Å²) in [4.78, 5) is 11.1. The van der Waals surface area contributed by atoms with E-state index in [0.717, 1.165) is 5.56 Å². The van der Waals surface area contributed by atoms with Crippen molar-refractivity contribution in [3.63, 3.8) is 0 Å². The first-order valence-corrected chi connectivity index (χ1v) is 3.84. The molecule has 2 heteroatoms. The Morgan fingerprint density at radius 3 is 2.17 bits per heavy atom. The van der Waals surface area contributed by atoms with Crippen LogP contribution in [0.3, 0.4) is 0 Å². The van der Waals surface area contributed by atoms with Crippen molar-refractivity contribution in [3.05, 3.63) is 35.4 Å². The molecule has 0 saturated carbocycles. The molecule has 0 N–H and O–H groups in total. The van der Waals surface area contributed by atoms with E-state index < -0.39 is 0 Å². The fraction of sp³-hybridized carbons (Fsp3) is 0.300. The molecule has 12 heavy (non-hydrogen) atoms. The van der Waals surface area contributed by atoms with E-state index >= 15 is 0 Å². The number of rotatable bonds is 2. The van der Waals surface area contributed by atoms with E-state index in [4.69, 9.17) is 0 Å². The highest BCUT2D eigenvalue weighted by molar-refractivity contribution is 5.95. The number of carbonyl (C=O) groups excluding carboxylic acids is 1. The van der Waals surface area contributed by atoms with Crippen molar-refractivity contribution >= 4 is 18.2 Å². The maximum absolute atomic E-state index is 11.1. The molecule has 66 valence electrons. The highest BCUT2D eigenvalue weighted by Gasteiger charge is 1.99. The average molecular weight is 185 g/mol. The molecule has 0 fully saturated rings. The third kappa shape index (κ3) is 2.67. The monoisotopic (exact) mass is 184 g/mol. The fourth-order valence-electron chi connectivity index (χ4n) is 0.944. The predicted octanol–water partition coefficient (Wildman–Crippen LogP) is 3.01. The summed E-state index contributed by atoms with van der Waals surface area (Å²) in [5.74, 6) is 0.213. The second-order valence-electron chi connectivity index (χ2n) is 2.64. The molecule has 0 saturated heterocycles. The topological polar surface area (TPSA) is 17.1 Å². The van der Waals surface area contributed by atoms with Crippen molar-refractivity contribution in [2.45, 2.75) is 20.3 Å². The van der Waals surface area contributed by atoms with Gasteiger partial charge in [-0.3, -0.25) is 4.79 Å². The van der Waals surface area contributed by atoms with Crippen LogP contribution < -0.4 is 0 Å². The van der Waals surface area contributed by atoms with Crippen LogP contribution in [0, 0.1) is 6.92 Å². The third-order valence-electron chi connectivity index (χ3n) is 1.69. The highest BCUT2D eigenvalue weighted by Crippen LogP contribution is 2.05. The summed E-state index contributed by atoms with van der Waals surface area (Å²) in [5, 5.41) is 0. The van der Waals surface area contributed by atoms with Crippen LogP contribution in [0.5, 0.6) is 0 Å². The normalized spacial score (nSPS) is 8.83. The number of hydrogen-bond acceptors (Lipinski definition) is 1. The fourth-order valence-corrected chi connectivity index (χ4v) is 0.944. The van der Waals surface area contributed by atoms with Gasteiger partial charge in [0.1, 0.15) is 0 Å². The van der Waals surface area contributed by atoms with Gasteiger partial charge in [0.25, 0.3) is 0 Å². The van der Waals surface area contributed by atoms with Gasteiger partial charge in [-0.25, -0.2) is 0 Å². The molecule has 0 spiro atoms. The van der Waals surface area contributed by atoms with Crippen LogP contribution in [0.2, 0.25) is 0 Å². The Kier molecular flexibility index (Phi) is 4.60. The largest absolute Gasteiger partial charge is 0.294 e. The van der Waals surface area contributed by atoms with Crippen LogP contribution >= 0.6 is 12.4 Å². The maximum atomic E-state index is 11.1. The minimum Gasteiger partial charge on any atom is -0.294 e. The van der Waals surface area contributed by atoms with Crippen LogP contribution in [0.1, 0.15) is 29.3 Å². The van der Waals surface area contributed by atoms with Crippen molar-refractivity contribution in [3.8, 4) is 0 Å². The lowest BCUT2D eigenvalue weighted by molar-refractivity contribution is 0.0988. The van der Waals surface area contributed by atoms with Gasteiger partial charge in [0.2, 0.25) is 0 Å².